The molecule has 4 heterocycles. The van der Waals surface area contributed by atoms with Crippen LogP contribution < -0.4 is 16.0 Å². The predicted molar refractivity (Wildman–Crippen MR) is 569 cm³/mol. The molecule has 0 spiro atoms. The summed E-state index contributed by atoms with van der Waals surface area (Å²) < 4.78 is 31.6. The lowest BCUT2D eigenvalue weighted by Gasteiger charge is -2.64. The quantitative estimate of drug-likeness (QED) is 0.00974. The van der Waals surface area contributed by atoms with Gasteiger partial charge >= 0.3 is 28.5 Å². The van der Waals surface area contributed by atoms with Crippen molar-refractivity contribution in [1.29, 1.82) is 0 Å². The lowest BCUT2D eigenvalue weighted by molar-refractivity contribution is -0.199. The zero-order valence-corrected chi connectivity index (χ0v) is 89.0. The van der Waals surface area contributed by atoms with Crippen LogP contribution in [-0.2, 0) is 71.5 Å². The Morgan fingerprint density at radius 1 is 0.466 bits per heavy atom. The molecule has 0 unspecified atom stereocenters. The van der Waals surface area contributed by atoms with E-state index in [2.05, 4.69) is 51.3 Å². The predicted octanol–water partition coefficient (Wildman–Crippen LogP) is 17.2. The lowest BCUT2D eigenvalue weighted by Crippen LogP contribution is -2.65. The molecule has 4 saturated heterocycles. The number of nitrogens with one attached hydrogen (secondary N) is 3. The van der Waals surface area contributed by atoms with Crippen molar-refractivity contribution in [3.63, 3.8) is 0 Å². The van der Waals surface area contributed by atoms with Crippen LogP contribution in [0.3, 0.4) is 0 Å². The van der Waals surface area contributed by atoms with Crippen molar-refractivity contribution in [3.05, 3.63) is 279 Å². The van der Waals surface area contributed by atoms with Gasteiger partial charge in [0.1, 0.15) is 18.1 Å². The first-order valence-corrected chi connectivity index (χ1v) is 51.9. The van der Waals surface area contributed by atoms with E-state index in [-0.39, 0.29) is 207 Å². The second-order valence-corrected chi connectivity index (χ2v) is 42.8. The van der Waals surface area contributed by atoms with Crippen molar-refractivity contribution in [2.24, 2.45) is 40.9 Å². The first-order valence-electron chi connectivity index (χ1n) is 49.7. The number of Topliss-reactive ketones (excluding diaryl/α,β-unsaturated/α-hetero) is 3. The Labute approximate surface area is 888 Å². The first kappa shape index (κ1) is 120. The van der Waals surface area contributed by atoms with Crippen molar-refractivity contribution >= 4 is 151 Å². The minimum absolute atomic E-state index is 0.0388. The maximum atomic E-state index is 14.4. The Bertz CT molecular complexity index is 5450. The molecule has 9 N–H and O–H groups in total. The van der Waals surface area contributed by atoms with Gasteiger partial charge in [-0.2, -0.15) is 0 Å². The lowest BCUT2D eigenvalue weighted by atomic mass is 9.43. The van der Waals surface area contributed by atoms with Gasteiger partial charge in [0.2, 0.25) is 17.1 Å². The Morgan fingerprint density at radius 2 is 0.788 bits per heavy atom. The average molecular weight is 2120 g/mol. The summed E-state index contributed by atoms with van der Waals surface area (Å²) in [5.41, 5.74) is 2.96. The minimum atomic E-state index is -1.77. The number of amides is 6. The molecule has 29 nitrogen and oxygen atoms in total. The summed E-state index contributed by atoms with van der Waals surface area (Å²) >= 11 is 37.1. The second-order valence-electron chi connectivity index (χ2n) is 40.3. The molecule has 2 bridgehead atoms. The number of likely N-dealkylation sites (tertiary alicyclic amines) is 3. The van der Waals surface area contributed by atoms with Gasteiger partial charge in [0.15, 0.2) is 17.3 Å². The van der Waals surface area contributed by atoms with E-state index in [1.807, 2.05) is 146 Å². The highest BCUT2D eigenvalue weighted by Crippen LogP contribution is 2.66. The SMILES string of the molecule is CC(C)CB(O)O.[C-]#[N+]C(=CC(C)C)C(=O)N1CCC[C@@H]1COC[C@H](NC(=O)c1cc(Cl)ccc1Cl)C(=O)C[C@@H](Cc1ccccc1)B(O)O.[C-]#[N+]C(=CC(C)C)C(=O)N1CCC[C@@H]1COC[C@H](NC(=O)c1cc(Cl)ccc1Cl)C(=O)C[C@@H](Cc1ccccc1)B(O)O.[C-]#[N+]C(=CC(C)C)C(=O)N1CCC[C@@H]1COC[C@H](NC(=O)c1cc(Cl)ccc1Cl)C(=O)C[C@@H](Cc1ccccc1)B1O[C@@H]2C[C@H]3C[C@@H](C3(C)C)[C@]2(C)O1. The summed E-state index contributed by atoms with van der Waals surface area (Å²) in [6.07, 6.45) is 12.3. The van der Waals surface area contributed by atoms with E-state index in [0.29, 0.717) is 74.4 Å². The summed E-state index contributed by atoms with van der Waals surface area (Å²) in [4.78, 5) is 136. The number of rotatable bonds is 44. The Balaban J connectivity index is 0.000000237. The summed E-state index contributed by atoms with van der Waals surface area (Å²) in [7, 11) is -5.26. The van der Waals surface area contributed by atoms with Gasteiger partial charge in [0.05, 0.1) is 121 Å². The molecule has 780 valence electrons. The summed E-state index contributed by atoms with van der Waals surface area (Å²) in [5, 5.41) is 66.4. The fourth-order valence-corrected chi connectivity index (χ4v) is 20.5. The third-order valence-electron chi connectivity index (χ3n) is 27.1. The normalized spacial score (nSPS) is 20.0. The number of nitrogens with zero attached hydrogens (tertiary/aromatic N) is 6. The van der Waals surface area contributed by atoms with Crippen molar-refractivity contribution < 1.29 is 96.8 Å². The molecule has 6 aromatic carbocycles. The Hall–Kier alpha value is -9.60. The zero-order valence-electron chi connectivity index (χ0n) is 84.5. The molecule has 146 heavy (non-hydrogen) atoms. The van der Waals surface area contributed by atoms with E-state index in [4.69, 9.17) is 123 Å². The van der Waals surface area contributed by atoms with E-state index in [1.165, 1.54) is 42.5 Å². The molecule has 7 fully saturated rings. The van der Waals surface area contributed by atoms with E-state index < -0.39 is 93.1 Å². The summed E-state index contributed by atoms with van der Waals surface area (Å²) in [6, 6.07) is 37.4. The summed E-state index contributed by atoms with van der Waals surface area (Å²) in [6.45, 7) is 45.8. The van der Waals surface area contributed by atoms with E-state index in [1.54, 1.807) is 45.1 Å². The Morgan fingerprint density at radius 3 is 1.08 bits per heavy atom. The standard InChI is InChI=1S/C41H50BCl2N3O6.2C31H36BCl2N3O6.C4H11BO2/c1-25(2)17-33(45-6)39(50)47-16-10-13-30(47)23-51-24-34(46-38(49)31-22-29(43)14-15-32(31)44)35(48)21-28(18-26-11-8-7-9-12-26)42-52-37-20-27-19-36(40(27,3)4)41(37,5)53-42;2*1-20(2)14-27(35-3)31(40)37-13-7-10-24(37)18-43-19-28(36-30(39)25-17-23(33)11-12-26(25)34)29(38)16-22(32(41)42)15-21-8-5-4-6-9-21;1-4(2)3-5(6)7/h7-9,11-12,14-15,17,22,25,27-28,30,34,36-37H,10,13,16,18-21,23-24H2,1-5H3,(H,46,49);2*4-6,8-9,11-12,14,17,20,22,24,28,41-42H,7,10,13,15-16,18-19H2,1-2H3,(H,36,39);4,6-7H,3H2,1-2H3/t27-,28-,30-,34+,36+,37-,41+;2*22-,24-,28+;/m111./s1. The van der Waals surface area contributed by atoms with Gasteiger partial charge in [-0.3, -0.25) is 43.2 Å². The number of allylic oxidation sites excluding steroid dienone is 3. The highest BCUT2D eigenvalue weighted by molar-refractivity contribution is 6.48. The Kier molecular flexibility index (Phi) is 47.6. The topological polar surface area (TPSA) is 380 Å². The average Bonchev–Trinajstić information content (AvgIpc) is 1.48. The molecule has 39 heteroatoms. The molecule has 0 radical (unpaired) electrons. The van der Waals surface area contributed by atoms with Gasteiger partial charge in [-0.1, -0.05) is 248 Å². The van der Waals surface area contributed by atoms with Crippen LogP contribution >= 0.6 is 69.6 Å². The van der Waals surface area contributed by atoms with Gasteiger partial charge in [-0.25, -0.2) is 14.5 Å². The molecule has 13 rings (SSSR count). The molecule has 13 atom stereocenters. The van der Waals surface area contributed by atoms with Crippen LogP contribution in [0.15, 0.2) is 181 Å². The molecular formula is C107H133B4Cl6N9O20. The smallest absolute Gasteiger partial charge is 0.427 e. The third-order valence-corrected chi connectivity index (χ3v) is 28.8. The van der Waals surface area contributed by atoms with Crippen molar-refractivity contribution in [1.82, 2.24) is 30.7 Å². The molecule has 3 aliphatic carbocycles. The van der Waals surface area contributed by atoms with Crippen molar-refractivity contribution in [3.8, 4) is 0 Å². The number of hydrogen-bond donors (Lipinski definition) is 9. The maximum Gasteiger partial charge on any atom is 0.461 e. The van der Waals surface area contributed by atoms with Gasteiger partial charge in [-0.15, -0.1) is 0 Å². The maximum absolute atomic E-state index is 14.4. The summed E-state index contributed by atoms with van der Waals surface area (Å²) in [5.74, 6) is -4.54. The van der Waals surface area contributed by atoms with Crippen molar-refractivity contribution in [2.45, 2.75) is 238 Å². The fraction of sp³-hybridized carbons (Fsp3) is 0.495. The van der Waals surface area contributed by atoms with E-state index in [0.717, 1.165) is 48.8 Å². The largest absolute Gasteiger partial charge is 0.461 e. The van der Waals surface area contributed by atoms with Gasteiger partial charge < -0.3 is 84.3 Å². The highest BCUT2D eigenvalue weighted by atomic mass is 35.5. The fourth-order valence-electron chi connectivity index (χ4n) is 19.3. The van der Waals surface area contributed by atoms with E-state index in [9.17, 15) is 63.2 Å². The zero-order chi connectivity index (χ0) is 107. The third kappa shape index (κ3) is 35.3. The number of carbonyl (C=O) groups is 9. The molecule has 4 aliphatic heterocycles. The molecular weight excluding hydrogens is 1990 g/mol. The molecule has 3 saturated carbocycles. The van der Waals surface area contributed by atoms with Gasteiger partial charge in [0.25, 0.3) is 35.4 Å². The number of hydrogen-bond acceptors (Lipinski definition) is 20. The monoisotopic (exact) mass is 2120 g/mol. The number of halogens is 6. The van der Waals surface area contributed by atoms with Crippen LogP contribution in [0.25, 0.3) is 14.5 Å². The van der Waals surface area contributed by atoms with Crippen molar-refractivity contribution in [2.75, 3.05) is 59.3 Å². The van der Waals surface area contributed by atoms with Crippen LogP contribution in [0.1, 0.15) is 195 Å². The van der Waals surface area contributed by atoms with E-state index >= 15 is 0 Å². The second kappa shape index (κ2) is 58.0. The van der Waals surface area contributed by atoms with Crippen LogP contribution in [0.2, 0.25) is 53.9 Å². The van der Waals surface area contributed by atoms with Crippen LogP contribution in [0.5, 0.6) is 0 Å². The number of benzene rings is 6. The first-order chi connectivity index (χ1) is 69.3. The molecule has 6 amide bonds. The molecule has 6 aromatic rings. The molecule has 7 aliphatic rings. The highest BCUT2D eigenvalue weighted by Gasteiger charge is 2.68. The minimum Gasteiger partial charge on any atom is -0.427 e. The molecule has 0 aromatic heterocycles. The number of carbonyl (C=O) groups excluding carboxylic acids is 9. The number of ether oxygens (including phenoxy) is 3. The van der Waals surface area contributed by atoms with Gasteiger partial charge in [0, 0.05) is 71.4 Å². The number of ketones is 3. The van der Waals surface area contributed by atoms with Crippen LogP contribution in [-0.4, -0.2) is 233 Å². The van der Waals surface area contributed by atoms with Crippen LogP contribution in [0, 0.1) is 60.6 Å². The van der Waals surface area contributed by atoms with Gasteiger partial charge in [-0.05, 0) is 196 Å². The van der Waals surface area contributed by atoms with Crippen LogP contribution in [0.4, 0.5) is 0 Å².